The second-order valence-electron chi connectivity index (χ2n) is 5.19. The van der Waals surface area contributed by atoms with E-state index in [0.717, 1.165) is 37.6 Å². The number of nitrogens with zero attached hydrogens (tertiary/aromatic N) is 4. The normalized spacial score (nSPS) is 14.7. The molecule has 0 aliphatic carbocycles. The number of piperazine rings is 1. The molecule has 2 aromatic carbocycles. The average molecular weight is 296 g/mol. The fourth-order valence-corrected chi connectivity index (χ4v) is 2.67. The van der Waals surface area contributed by atoms with Crippen molar-refractivity contribution in [2.24, 2.45) is 10.4 Å². The van der Waals surface area contributed by atoms with E-state index in [9.17, 15) is 9.81 Å². The van der Waals surface area contributed by atoms with Crippen molar-refractivity contribution in [3.63, 3.8) is 0 Å². The summed E-state index contributed by atoms with van der Waals surface area (Å²) in [5, 5.41) is 5.83. The molecule has 3 rings (SSSR count). The predicted molar refractivity (Wildman–Crippen MR) is 88.2 cm³/mol. The highest BCUT2D eigenvalue weighted by atomic mass is 16.3. The van der Waals surface area contributed by atoms with Crippen LogP contribution >= 0.6 is 0 Å². The molecule has 0 N–H and O–H groups in total. The molecule has 1 aliphatic heterocycles. The lowest BCUT2D eigenvalue weighted by molar-refractivity contribution is 0.653. The molecule has 0 amide bonds. The maximum atomic E-state index is 10.4. The summed E-state index contributed by atoms with van der Waals surface area (Å²) in [6, 6.07) is 14.7. The van der Waals surface area contributed by atoms with Gasteiger partial charge in [-0.1, -0.05) is 0 Å². The Kier molecular flexibility index (Phi) is 4.09. The molecule has 0 aromatic heterocycles. The van der Waals surface area contributed by atoms with Gasteiger partial charge in [0.1, 0.15) is 11.4 Å². The number of anilines is 2. The maximum absolute atomic E-state index is 10.4. The van der Waals surface area contributed by atoms with Crippen molar-refractivity contribution in [2.45, 2.75) is 0 Å². The third-order valence-corrected chi connectivity index (χ3v) is 3.92. The first-order valence-electron chi connectivity index (χ1n) is 7.17. The van der Waals surface area contributed by atoms with Crippen LogP contribution in [-0.4, -0.2) is 26.2 Å². The van der Waals surface area contributed by atoms with Gasteiger partial charge >= 0.3 is 0 Å². The molecular formula is C16H16N4O2. The van der Waals surface area contributed by atoms with Gasteiger partial charge in [0.15, 0.2) is 0 Å². The molecule has 1 aliphatic rings. The minimum atomic E-state index is 0.450. The van der Waals surface area contributed by atoms with Gasteiger partial charge in [0.25, 0.3) is 0 Å². The third kappa shape index (κ3) is 2.95. The van der Waals surface area contributed by atoms with Gasteiger partial charge in [0.2, 0.25) is 0 Å². The zero-order valence-electron chi connectivity index (χ0n) is 12.1. The fraction of sp³-hybridized carbons (Fsp3) is 0.250. The van der Waals surface area contributed by atoms with Gasteiger partial charge in [-0.2, -0.15) is 0 Å². The summed E-state index contributed by atoms with van der Waals surface area (Å²) in [6.45, 7) is 3.62. The molecule has 1 saturated heterocycles. The number of hydrogen-bond acceptors (Lipinski definition) is 6. The van der Waals surface area contributed by atoms with E-state index in [1.807, 2.05) is 24.3 Å². The molecular weight excluding hydrogens is 280 g/mol. The number of hydrogen-bond donors (Lipinski definition) is 0. The molecule has 0 spiro atoms. The van der Waals surface area contributed by atoms with Crippen molar-refractivity contribution in [1.82, 2.24) is 0 Å². The van der Waals surface area contributed by atoms with Crippen LogP contribution in [0.15, 0.2) is 58.9 Å². The quantitative estimate of drug-likeness (QED) is 0.805. The molecule has 0 unspecified atom stereocenters. The Morgan fingerprint density at radius 3 is 1.18 bits per heavy atom. The summed E-state index contributed by atoms with van der Waals surface area (Å²) in [4.78, 5) is 25.5. The lowest BCUT2D eigenvalue weighted by Crippen LogP contribution is -2.46. The average Bonchev–Trinajstić information content (AvgIpc) is 2.62. The second kappa shape index (κ2) is 6.34. The minimum Gasteiger partial charge on any atom is -0.368 e. The summed E-state index contributed by atoms with van der Waals surface area (Å²) in [5.41, 5.74) is 3.11. The molecule has 0 saturated carbocycles. The van der Waals surface area contributed by atoms with E-state index in [1.54, 1.807) is 24.3 Å². The zero-order chi connectivity index (χ0) is 15.4. The molecule has 2 aromatic rings. The van der Waals surface area contributed by atoms with Crippen molar-refractivity contribution in [3.8, 4) is 0 Å². The first-order valence-corrected chi connectivity index (χ1v) is 7.17. The first-order chi connectivity index (χ1) is 10.8. The Hall–Kier alpha value is -2.76. The van der Waals surface area contributed by atoms with Gasteiger partial charge in [-0.25, -0.2) is 0 Å². The fourth-order valence-electron chi connectivity index (χ4n) is 2.67. The first kappa shape index (κ1) is 14.2. The van der Waals surface area contributed by atoms with E-state index >= 15 is 0 Å². The van der Waals surface area contributed by atoms with E-state index in [-0.39, 0.29) is 0 Å². The highest BCUT2D eigenvalue weighted by Gasteiger charge is 2.17. The van der Waals surface area contributed by atoms with E-state index in [0.29, 0.717) is 11.4 Å². The van der Waals surface area contributed by atoms with Gasteiger partial charge < -0.3 is 9.80 Å². The van der Waals surface area contributed by atoms with Crippen LogP contribution in [0.2, 0.25) is 0 Å². The van der Waals surface area contributed by atoms with Crippen molar-refractivity contribution in [1.29, 1.82) is 0 Å². The van der Waals surface area contributed by atoms with Crippen LogP contribution < -0.4 is 9.80 Å². The Labute approximate surface area is 128 Å². The molecule has 1 fully saturated rings. The highest BCUT2D eigenvalue weighted by Crippen LogP contribution is 2.24. The van der Waals surface area contributed by atoms with Gasteiger partial charge in [-0.15, -0.1) is 9.81 Å². The van der Waals surface area contributed by atoms with Crippen LogP contribution in [0.3, 0.4) is 0 Å². The third-order valence-electron chi connectivity index (χ3n) is 3.92. The number of benzene rings is 2. The standard InChI is InChI=1S/C16H16N4O2/c21-17-13-1-5-15(6-2-13)19-9-11-20(12-10-19)16-7-3-14(18-22)4-8-16/h1-8H,9-12H2. The minimum absolute atomic E-state index is 0.450. The predicted octanol–water partition coefficient (Wildman–Crippen LogP) is 3.81. The topological polar surface area (TPSA) is 65.3 Å². The largest absolute Gasteiger partial charge is 0.368 e. The van der Waals surface area contributed by atoms with Crippen molar-refractivity contribution in [3.05, 3.63) is 58.3 Å². The summed E-state index contributed by atoms with van der Waals surface area (Å²) >= 11 is 0. The highest BCUT2D eigenvalue weighted by molar-refractivity contribution is 5.56. The van der Waals surface area contributed by atoms with E-state index < -0.39 is 0 Å². The van der Waals surface area contributed by atoms with Crippen LogP contribution in [-0.2, 0) is 0 Å². The van der Waals surface area contributed by atoms with Gasteiger partial charge in [0.05, 0.1) is 0 Å². The lowest BCUT2D eigenvalue weighted by atomic mass is 10.2. The van der Waals surface area contributed by atoms with Crippen molar-refractivity contribution in [2.75, 3.05) is 36.0 Å². The van der Waals surface area contributed by atoms with Gasteiger partial charge in [-0.05, 0) is 58.9 Å². The van der Waals surface area contributed by atoms with Crippen molar-refractivity contribution < 1.29 is 0 Å². The molecule has 0 radical (unpaired) electrons. The number of rotatable bonds is 4. The number of nitroso groups, excluding NO2 is 2. The lowest BCUT2D eigenvalue weighted by Gasteiger charge is -2.37. The zero-order valence-corrected chi connectivity index (χ0v) is 12.1. The molecule has 0 bridgehead atoms. The summed E-state index contributed by atoms with van der Waals surface area (Å²) < 4.78 is 0. The Bertz CT molecular complexity index is 587. The van der Waals surface area contributed by atoms with Gasteiger partial charge in [-0.3, -0.25) is 0 Å². The van der Waals surface area contributed by atoms with Crippen LogP contribution in [0, 0.1) is 9.81 Å². The van der Waals surface area contributed by atoms with Crippen LogP contribution in [0.1, 0.15) is 0 Å². The Morgan fingerprint density at radius 2 is 0.909 bits per heavy atom. The summed E-state index contributed by atoms with van der Waals surface area (Å²) in [6.07, 6.45) is 0. The Balaban J connectivity index is 1.63. The molecule has 0 atom stereocenters. The second-order valence-corrected chi connectivity index (χ2v) is 5.19. The van der Waals surface area contributed by atoms with Gasteiger partial charge in [0, 0.05) is 37.6 Å². The monoisotopic (exact) mass is 296 g/mol. The van der Waals surface area contributed by atoms with E-state index in [1.165, 1.54) is 0 Å². The van der Waals surface area contributed by atoms with E-state index in [2.05, 4.69) is 20.2 Å². The van der Waals surface area contributed by atoms with Crippen LogP contribution in [0.5, 0.6) is 0 Å². The van der Waals surface area contributed by atoms with Crippen LogP contribution in [0.4, 0.5) is 22.7 Å². The smallest absolute Gasteiger partial charge is 0.108 e. The Morgan fingerprint density at radius 1 is 0.591 bits per heavy atom. The van der Waals surface area contributed by atoms with E-state index in [4.69, 9.17) is 0 Å². The van der Waals surface area contributed by atoms with Crippen LogP contribution in [0.25, 0.3) is 0 Å². The summed E-state index contributed by atoms with van der Waals surface area (Å²) in [5.74, 6) is 0. The van der Waals surface area contributed by atoms with Crippen molar-refractivity contribution >= 4 is 22.7 Å². The molecule has 6 heteroatoms. The maximum Gasteiger partial charge on any atom is 0.108 e. The molecule has 112 valence electrons. The molecule has 22 heavy (non-hydrogen) atoms. The molecule has 6 nitrogen and oxygen atoms in total. The summed E-state index contributed by atoms with van der Waals surface area (Å²) in [7, 11) is 0. The SMILES string of the molecule is O=Nc1ccc(N2CCN(c3ccc(N=O)cc3)CC2)cc1. The molecule has 1 heterocycles.